The Hall–Kier alpha value is -4.79. The van der Waals surface area contributed by atoms with Crippen molar-refractivity contribution in [2.24, 2.45) is 0 Å². The molecule has 0 saturated carbocycles. The summed E-state index contributed by atoms with van der Waals surface area (Å²) in [6.45, 7) is 0. The first-order valence-electron chi connectivity index (χ1n) is 11.2. The van der Waals surface area contributed by atoms with Crippen molar-refractivity contribution < 1.29 is 0 Å². The molecule has 0 amide bonds. The lowest BCUT2D eigenvalue weighted by Gasteiger charge is -2.11. The number of fused-ring (bicyclic) bond motifs is 5. The summed E-state index contributed by atoms with van der Waals surface area (Å²) in [4.78, 5) is 14.8. The van der Waals surface area contributed by atoms with E-state index in [4.69, 9.17) is 15.0 Å². The van der Waals surface area contributed by atoms with E-state index in [1.165, 1.54) is 21.9 Å². The molecule has 0 saturated heterocycles. The summed E-state index contributed by atoms with van der Waals surface area (Å²) in [5.41, 5.74) is 9.67. The first-order valence-corrected chi connectivity index (χ1v) is 11.2. The fourth-order valence-corrected chi connectivity index (χ4v) is 4.71. The molecule has 1 aliphatic rings. The molecule has 2 heterocycles. The third-order valence-corrected chi connectivity index (χ3v) is 6.27. The van der Waals surface area contributed by atoms with E-state index < -0.39 is 0 Å². The van der Waals surface area contributed by atoms with Gasteiger partial charge in [0.25, 0.3) is 0 Å². The van der Waals surface area contributed by atoms with Crippen molar-refractivity contribution in [3.8, 4) is 28.7 Å². The average Bonchev–Trinajstić information content (AvgIpc) is 3.52. The predicted molar refractivity (Wildman–Crippen MR) is 137 cm³/mol. The molecule has 0 spiro atoms. The molecule has 0 unspecified atom stereocenters. The molecule has 0 bridgehead atoms. The minimum absolute atomic E-state index is 0.605. The third kappa shape index (κ3) is 2.83. The Morgan fingerprint density at radius 1 is 0.559 bits per heavy atom. The highest BCUT2D eigenvalue weighted by molar-refractivity contribution is 6.14. The fraction of sp³-hybridized carbons (Fsp3) is 0. The fourth-order valence-electron chi connectivity index (χ4n) is 4.71. The largest absolute Gasteiger partial charge is 0.278 e. The van der Waals surface area contributed by atoms with E-state index in [1.54, 1.807) is 0 Å². The zero-order valence-corrected chi connectivity index (χ0v) is 18.2. The second-order valence-electron chi connectivity index (χ2n) is 8.29. The normalized spacial score (nSPS) is 12.0. The molecular weight excluding hydrogens is 416 g/mol. The molecule has 0 atom stereocenters. The van der Waals surface area contributed by atoms with Gasteiger partial charge in [0.05, 0.1) is 11.0 Å². The van der Waals surface area contributed by atoms with Crippen molar-refractivity contribution in [1.29, 1.82) is 0 Å². The maximum atomic E-state index is 4.97. The Morgan fingerprint density at radius 2 is 1.21 bits per heavy atom. The topological polar surface area (TPSA) is 43.6 Å². The molecule has 1 aliphatic carbocycles. The number of hydrogen-bond donors (Lipinski definition) is 0. The van der Waals surface area contributed by atoms with E-state index in [-0.39, 0.29) is 0 Å². The van der Waals surface area contributed by atoms with Crippen LogP contribution < -0.4 is 0 Å². The second-order valence-corrected chi connectivity index (χ2v) is 8.29. The Labute approximate surface area is 196 Å². The lowest BCUT2D eigenvalue weighted by Crippen LogP contribution is -2.06. The molecule has 6 aromatic rings. The standard InChI is InChI=1S/C30H18N4/c1-3-10-21(11-4-1)28-31-29(22-12-5-2-6-13-22)33-30(32-28)34-25-17-8-7-15-24(25)27-23-16-9-14-20(23)18-19-26(27)34/h1-8,10-19H. The zero-order chi connectivity index (χ0) is 22.5. The van der Waals surface area contributed by atoms with Gasteiger partial charge in [-0.2, -0.15) is 9.97 Å². The van der Waals surface area contributed by atoms with Gasteiger partial charge in [-0.1, -0.05) is 84.9 Å². The lowest BCUT2D eigenvalue weighted by molar-refractivity contribution is 0.953. The Morgan fingerprint density at radius 3 is 1.91 bits per heavy atom. The molecule has 7 rings (SSSR count). The van der Waals surface area contributed by atoms with Crippen molar-refractivity contribution >= 4 is 34.0 Å². The number of para-hydroxylation sites is 1. The van der Waals surface area contributed by atoms with Crippen LogP contribution in [-0.4, -0.2) is 19.5 Å². The van der Waals surface area contributed by atoms with Crippen LogP contribution in [0.3, 0.4) is 0 Å². The molecule has 158 valence electrons. The molecule has 4 aromatic carbocycles. The summed E-state index contributed by atoms with van der Waals surface area (Å²) < 4.78 is 2.15. The SMILES string of the molecule is C1=Cc2ccc3c(c2C=1)c1ccccc1n3-c1nc(-c2ccccc2)nc(-c2ccccc2)n1. The van der Waals surface area contributed by atoms with Gasteiger partial charge in [-0.15, -0.1) is 5.73 Å². The minimum atomic E-state index is 0.605. The average molecular weight is 435 g/mol. The first-order chi connectivity index (χ1) is 16.9. The quantitative estimate of drug-likeness (QED) is 0.283. The highest BCUT2D eigenvalue weighted by atomic mass is 15.2. The molecule has 34 heavy (non-hydrogen) atoms. The number of nitrogens with zero attached hydrogens (tertiary/aromatic N) is 4. The maximum absolute atomic E-state index is 4.97. The van der Waals surface area contributed by atoms with E-state index in [9.17, 15) is 0 Å². The van der Waals surface area contributed by atoms with Gasteiger partial charge in [-0.25, -0.2) is 4.98 Å². The molecule has 2 aromatic heterocycles. The van der Waals surface area contributed by atoms with Gasteiger partial charge in [0.1, 0.15) is 0 Å². The molecule has 4 nitrogen and oxygen atoms in total. The minimum Gasteiger partial charge on any atom is -0.278 e. The summed E-state index contributed by atoms with van der Waals surface area (Å²) in [6.07, 6.45) is 4.09. The maximum Gasteiger partial charge on any atom is 0.238 e. The molecule has 0 N–H and O–H groups in total. The van der Waals surface area contributed by atoms with Crippen molar-refractivity contribution in [1.82, 2.24) is 19.5 Å². The van der Waals surface area contributed by atoms with E-state index in [2.05, 4.69) is 52.8 Å². The number of hydrogen-bond acceptors (Lipinski definition) is 3. The zero-order valence-electron chi connectivity index (χ0n) is 18.2. The monoisotopic (exact) mass is 434 g/mol. The van der Waals surface area contributed by atoms with Crippen molar-refractivity contribution in [2.75, 3.05) is 0 Å². The van der Waals surface area contributed by atoms with Crippen LogP contribution in [-0.2, 0) is 0 Å². The van der Waals surface area contributed by atoms with Crippen molar-refractivity contribution in [3.63, 3.8) is 0 Å². The van der Waals surface area contributed by atoms with Crippen LogP contribution in [0.4, 0.5) is 0 Å². The van der Waals surface area contributed by atoms with E-state index in [1.807, 2.05) is 66.7 Å². The Balaban J connectivity index is 1.58. The summed E-state index contributed by atoms with van der Waals surface area (Å²) >= 11 is 0. The predicted octanol–water partition coefficient (Wildman–Crippen LogP) is 6.94. The van der Waals surface area contributed by atoms with Crippen molar-refractivity contribution in [2.45, 2.75) is 0 Å². The smallest absolute Gasteiger partial charge is 0.238 e. The first kappa shape index (κ1) is 18.8. The van der Waals surface area contributed by atoms with Gasteiger partial charge in [-0.3, -0.25) is 4.57 Å². The third-order valence-electron chi connectivity index (χ3n) is 6.27. The van der Waals surface area contributed by atoms with Gasteiger partial charge >= 0.3 is 0 Å². The van der Waals surface area contributed by atoms with Crippen LogP contribution in [0.5, 0.6) is 0 Å². The van der Waals surface area contributed by atoms with Crippen LogP contribution in [0.15, 0.2) is 103 Å². The van der Waals surface area contributed by atoms with Gasteiger partial charge in [0, 0.05) is 21.9 Å². The number of benzene rings is 4. The van der Waals surface area contributed by atoms with Crippen molar-refractivity contribution in [3.05, 3.63) is 114 Å². The highest BCUT2D eigenvalue weighted by Gasteiger charge is 2.20. The van der Waals surface area contributed by atoms with Crippen LogP contribution in [0.1, 0.15) is 11.1 Å². The van der Waals surface area contributed by atoms with Gasteiger partial charge in [0.15, 0.2) is 11.6 Å². The molecular formula is C30H18N4. The van der Waals surface area contributed by atoms with Crippen LogP contribution in [0.25, 0.3) is 62.7 Å². The van der Waals surface area contributed by atoms with Gasteiger partial charge in [0.2, 0.25) is 5.95 Å². The Kier molecular flexibility index (Phi) is 4.07. The molecule has 4 heteroatoms. The van der Waals surface area contributed by atoms with E-state index >= 15 is 0 Å². The van der Waals surface area contributed by atoms with E-state index in [0.29, 0.717) is 17.6 Å². The van der Waals surface area contributed by atoms with Crippen LogP contribution in [0, 0.1) is 0 Å². The van der Waals surface area contributed by atoms with Gasteiger partial charge in [-0.05, 0) is 35.4 Å². The molecule has 0 radical (unpaired) electrons. The lowest BCUT2D eigenvalue weighted by atomic mass is 10.0. The van der Waals surface area contributed by atoms with Gasteiger partial charge < -0.3 is 0 Å². The highest BCUT2D eigenvalue weighted by Crippen LogP contribution is 2.37. The molecule has 0 aliphatic heterocycles. The Bertz CT molecular complexity index is 1720. The summed E-state index contributed by atoms with van der Waals surface area (Å²) in [5, 5.41) is 2.36. The summed E-state index contributed by atoms with van der Waals surface area (Å²) in [7, 11) is 0. The van der Waals surface area contributed by atoms with Crippen LogP contribution in [0.2, 0.25) is 0 Å². The second kappa shape index (κ2) is 7.38. The number of rotatable bonds is 3. The van der Waals surface area contributed by atoms with E-state index in [0.717, 1.165) is 22.2 Å². The number of aromatic nitrogens is 4. The summed E-state index contributed by atoms with van der Waals surface area (Å²) in [6, 6.07) is 32.9. The van der Waals surface area contributed by atoms with Crippen LogP contribution >= 0.6 is 0 Å². The molecule has 0 fully saturated rings. The summed E-state index contributed by atoms with van der Waals surface area (Å²) in [5.74, 6) is 1.91.